The predicted molar refractivity (Wildman–Crippen MR) is 66.9 cm³/mol. The molecule has 0 aromatic heterocycles. The maximum atomic E-state index is 10.3. The van der Waals surface area contributed by atoms with E-state index in [-0.39, 0.29) is 12.0 Å². The number of aliphatic hydroxyl groups is 1. The van der Waals surface area contributed by atoms with Gasteiger partial charge >= 0.3 is 0 Å². The normalized spacial score (nSPS) is 26.8. The smallest absolute Gasteiger partial charge is 0.0840 e. The highest BCUT2D eigenvalue weighted by molar-refractivity contribution is 5.29. The summed E-state index contributed by atoms with van der Waals surface area (Å²) in [6, 6.07) is 8.54. The van der Waals surface area contributed by atoms with Gasteiger partial charge in [-0.2, -0.15) is 0 Å². The van der Waals surface area contributed by atoms with E-state index in [1.165, 1.54) is 18.4 Å². The Labute approximate surface area is 103 Å². The Hall–Kier alpha value is -0.860. The molecule has 2 heteroatoms. The molecule has 2 atom stereocenters. The van der Waals surface area contributed by atoms with Gasteiger partial charge in [0.25, 0.3) is 0 Å². The van der Waals surface area contributed by atoms with Crippen LogP contribution in [0.1, 0.15) is 48.8 Å². The molecule has 1 aromatic carbocycles. The van der Waals surface area contributed by atoms with Crippen molar-refractivity contribution in [3.63, 3.8) is 0 Å². The first-order valence-corrected chi connectivity index (χ1v) is 6.70. The van der Waals surface area contributed by atoms with Crippen LogP contribution >= 0.6 is 0 Å². The fourth-order valence-corrected chi connectivity index (χ4v) is 2.67. The second kappa shape index (κ2) is 4.79. The van der Waals surface area contributed by atoms with Crippen molar-refractivity contribution < 1.29 is 9.84 Å². The third-order valence-electron chi connectivity index (χ3n) is 3.97. The SMILES string of the molecule is OC(c1ccc(C2CC2)cc1)C1CCCOC1. The van der Waals surface area contributed by atoms with E-state index in [9.17, 15) is 5.11 Å². The number of benzene rings is 1. The van der Waals surface area contributed by atoms with Gasteiger partial charge in [0.15, 0.2) is 0 Å². The maximum Gasteiger partial charge on any atom is 0.0840 e. The van der Waals surface area contributed by atoms with Gasteiger partial charge < -0.3 is 9.84 Å². The molecule has 17 heavy (non-hydrogen) atoms. The van der Waals surface area contributed by atoms with Gasteiger partial charge in [0.1, 0.15) is 0 Å². The topological polar surface area (TPSA) is 29.5 Å². The summed E-state index contributed by atoms with van der Waals surface area (Å²) >= 11 is 0. The highest BCUT2D eigenvalue weighted by atomic mass is 16.5. The second-order valence-electron chi connectivity index (χ2n) is 5.36. The number of rotatable bonds is 3. The molecular formula is C15H20O2. The lowest BCUT2D eigenvalue weighted by atomic mass is 9.90. The molecule has 3 rings (SSSR count). The number of ether oxygens (including phenoxy) is 1. The Morgan fingerprint density at radius 1 is 1.12 bits per heavy atom. The van der Waals surface area contributed by atoms with Crippen LogP contribution in [0.3, 0.4) is 0 Å². The van der Waals surface area contributed by atoms with E-state index in [0.717, 1.165) is 30.9 Å². The summed E-state index contributed by atoms with van der Waals surface area (Å²) < 4.78 is 5.44. The Morgan fingerprint density at radius 2 is 1.88 bits per heavy atom. The standard InChI is InChI=1S/C15H20O2/c16-15(14-2-1-9-17-10-14)13-7-5-12(6-8-13)11-3-4-11/h5-8,11,14-16H,1-4,9-10H2. The first-order chi connectivity index (χ1) is 8.34. The van der Waals surface area contributed by atoms with Crippen molar-refractivity contribution in [2.75, 3.05) is 13.2 Å². The Kier molecular flexibility index (Phi) is 3.17. The molecule has 1 N–H and O–H groups in total. The molecule has 0 amide bonds. The van der Waals surface area contributed by atoms with Crippen LogP contribution in [0.5, 0.6) is 0 Å². The van der Waals surface area contributed by atoms with Crippen LogP contribution in [-0.4, -0.2) is 18.3 Å². The summed E-state index contributed by atoms with van der Waals surface area (Å²) in [7, 11) is 0. The number of aliphatic hydroxyl groups excluding tert-OH is 1. The highest BCUT2D eigenvalue weighted by Crippen LogP contribution is 2.40. The minimum atomic E-state index is -0.358. The Bertz CT molecular complexity index is 361. The second-order valence-corrected chi connectivity index (χ2v) is 5.36. The third kappa shape index (κ3) is 2.53. The van der Waals surface area contributed by atoms with Gasteiger partial charge in [0.05, 0.1) is 12.7 Å². The van der Waals surface area contributed by atoms with Crippen molar-refractivity contribution in [1.82, 2.24) is 0 Å². The molecule has 1 saturated carbocycles. The van der Waals surface area contributed by atoms with Crippen LogP contribution in [0.25, 0.3) is 0 Å². The Morgan fingerprint density at radius 3 is 2.47 bits per heavy atom. The zero-order chi connectivity index (χ0) is 11.7. The molecule has 1 aromatic rings. The van der Waals surface area contributed by atoms with Gasteiger partial charge in [0, 0.05) is 12.5 Å². The van der Waals surface area contributed by atoms with E-state index in [1.807, 2.05) is 0 Å². The van der Waals surface area contributed by atoms with E-state index in [1.54, 1.807) is 0 Å². The molecule has 0 bridgehead atoms. The molecule has 2 aliphatic rings. The fraction of sp³-hybridized carbons (Fsp3) is 0.600. The monoisotopic (exact) mass is 232 g/mol. The number of hydrogen-bond donors (Lipinski definition) is 1. The Balaban J connectivity index is 1.69. The zero-order valence-electron chi connectivity index (χ0n) is 10.1. The lowest BCUT2D eigenvalue weighted by molar-refractivity contribution is -0.00996. The van der Waals surface area contributed by atoms with Gasteiger partial charge in [-0.15, -0.1) is 0 Å². The molecular weight excluding hydrogens is 212 g/mol. The van der Waals surface area contributed by atoms with E-state index in [2.05, 4.69) is 24.3 Å². The van der Waals surface area contributed by atoms with Crippen LogP contribution in [0, 0.1) is 5.92 Å². The lowest BCUT2D eigenvalue weighted by Crippen LogP contribution is -2.23. The van der Waals surface area contributed by atoms with Crippen molar-refractivity contribution >= 4 is 0 Å². The summed E-state index contributed by atoms with van der Waals surface area (Å²) in [6.45, 7) is 1.55. The van der Waals surface area contributed by atoms with Gasteiger partial charge in [-0.3, -0.25) is 0 Å². The summed E-state index contributed by atoms with van der Waals surface area (Å²) in [4.78, 5) is 0. The molecule has 2 fully saturated rings. The van der Waals surface area contributed by atoms with Crippen LogP contribution in [0.15, 0.2) is 24.3 Å². The molecule has 1 heterocycles. The molecule has 1 aliphatic carbocycles. The largest absolute Gasteiger partial charge is 0.388 e. The lowest BCUT2D eigenvalue weighted by Gasteiger charge is -2.27. The average molecular weight is 232 g/mol. The van der Waals surface area contributed by atoms with E-state index in [4.69, 9.17) is 4.74 Å². The molecule has 2 nitrogen and oxygen atoms in total. The first-order valence-electron chi connectivity index (χ1n) is 6.70. The minimum Gasteiger partial charge on any atom is -0.388 e. The van der Waals surface area contributed by atoms with E-state index in [0.29, 0.717) is 6.61 Å². The first kappa shape index (κ1) is 11.2. The van der Waals surface area contributed by atoms with E-state index < -0.39 is 0 Å². The van der Waals surface area contributed by atoms with Crippen LogP contribution in [0.2, 0.25) is 0 Å². The third-order valence-corrected chi connectivity index (χ3v) is 3.97. The zero-order valence-corrected chi connectivity index (χ0v) is 10.1. The van der Waals surface area contributed by atoms with Crippen LogP contribution < -0.4 is 0 Å². The van der Waals surface area contributed by atoms with Crippen molar-refractivity contribution in [3.05, 3.63) is 35.4 Å². The predicted octanol–water partition coefficient (Wildman–Crippen LogP) is 3.02. The summed E-state index contributed by atoms with van der Waals surface area (Å²) in [5.41, 5.74) is 2.48. The molecule has 1 aliphatic heterocycles. The van der Waals surface area contributed by atoms with Crippen LogP contribution in [0.4, 0.5) is 0 Å². The van der Waals surface area contributed by atoms with Gasteiger partial charge in [-0.1, -0.05) is 24.3 Å². The van der Waals surface area contributed by atoms with Gasteiger partial charge in [-0.05, 0) is 42.7 Å². The molecule has 0 radical (unpaired) electrons. The quantitative estimate of drug-likeness (QED) is 0.868. The van der Waals surface area contributed by atoms with E-state index >= 15 is 0 Å². The molecule has 0 spiro atoms. The van der Waals surface area contributed by atoms with Crippen LogP contribution in [-0.2, 0) is 4.74 Å². The van der Waals surface area contributed by atoms with Gasteiger partial charge in [0.2, 0.25) is 0 Å². The van der Waals surface area contributed by atoms with Crippen molar-refractivity contribution in [2.24, 2.45) is 5.92 Å². The summed E-state index contributed by atoms with van der Waals surface area (Å²) in [6.07, 6.45) is 4.45. The highest BCUT2D eigenvalue weighted by Gasteiger charge is 2.25. The molecule has 2 unspecified atom stereocenters. The van der Waals surface area contributed by atoms with Gasteiger partial charge in [-0.25, -0.2) is 0 Å². The number of hydrogen-bond acceptors (Lipinski definition) is 2. The van der Waals surface area contributed by atoms with Crippen molar-refractivity contribution in [1.29, 1.82) is 0 Å². The average Bonchev–Trinajstić information content (AvgIpc) is 3.24. The maximum absolute atomic E-state index is 10.3. The molecule has 1 saturated heterocycles. The molecule has 92 valence electrons. The van der Waals surface area contributed by atoms with Crippen molar-refractivity contribution in [3.8, 4) is 0 Å². The fourth-order valence-electron chi connectivity index (χ4n) is 2.67. The minimum absolute atomic E-state index is 0.274. The van der Waals surface area contributed by atoms with Crippen molar-refractivity contribution in [2.45, 2.75) is 37.7 Å². The summed E-state index contributed by atoms with van der Waals surface area (Å²) in [5, 5.41) is 10.3. The summed E-state index contributed by atoms with van der Waals surface area (Å²) in [5.74, 6) is 1.06.